The molecule has 0 atom stereocenters. The average Bonchev–Trinajstić information content (AvgIpc) is 3.26. The highest BCUT2D eigenvalue weighted by Gasteiger charge is 2.35. The zero-order valence-corrected chi connectivity index (χ0v) is 17.4. The molecule has 1 aliphatic heterocycles. The van der Waals surface area contributed by atoms with Crippen LogP contribution >= 0.6 is 12.2 Å². The number of thiocarbonyl (C=S) groups is 1. The molecule has 0 unspecified atom stereocenters. The Kier molecular flexibility index (Phi) is 5.65. The van der Waals surface area contributed by atoms with Crippen molar-refractivity contribution in [3.8, 4) is 11.3 Å². The number of amides is 2. The number of esters is 1. The molecule has 0 spiro atoms. The van der Waals surface area contributed by atoms with Gasteiger partial charge in [0.05, 0.1) is 18.4 Å². The number of nitrogens with one attached hydrogen (secondary N) is 1. The molecule has 1 saturated heterocycles. The van der Waals surface area contributed by atoms with Crippen molar-refractivity contribution in [1.29, 1.82) is 0 Å². The van der Waals surface area contributed by atoms with Gasteiger partial charge >= 0.3 is 5.97 Å². The molecule has 1 N–H and O–H groups in total. The normalized spacial score (nSPS) is 15.1. The van der Waals surface area contributed by atoms with E-state index in [0.717, 1.165) is 4.90 Å². The number of furan rings is 1. The number of benzene rings is 2. The molecule has 1 aliphatic rings. The summed E-state index contributed by atoms with van der Waals surface area (Å²) >= 11 is 5.07. The Hall–Kier alpha value is -4.11. The molecule has 1 aromatic heterocycles. The summed E-state index contributed by atoms with van der Waals surface area (Å²) in [4.78, 5) is 37.8. The number of methoxy groups -OCH3 is 1. The maximum Gasteiger partial charge on any atom is 0.337 e. The van der Waals surface area contributed by atoms with Crippen LogP contribution in [-0.4, -0.2) is 30.0 Å². The first-order valence-electron chi connectivity index (χ1n) is 9.33. The summed E-state index contributed by atoms with van der Waals surface area (Å²) in [6.45, 7) is 0. The molecule has 0 saturated carbocycles. The van der Waals surface area contributed by atoms with E-state index in [1.54, 1.807) is 42.5 Å². The first-order valence-corrected chi connectivity index (χ1v) is 9.74. The van der Waals surface area contributed by atoms with Crippen LogP contribution in [0.3, 0.4) is 0 Å². The number of para-hydroxylation sites is 1. The largest absolute Gasteiger partial charge is 0.465 e. The Morgan fingerprint density at radius 3 is 2.50 bits per heavy atom. The van der Waals surface area contributed by atoms with Crippen LogP contribution in [0.25, 0.3) is 17.4 Å². The Morgan fingerprint density at radius 2 is 1.81 bits per heavy atom. The molecule has 9 heteroatoms. The summed E-state index contributed by atoms with van der Waals surface area (Å²) in [5.74, 6) is -1.91. The van der Waals surface area contributed by atoms with Crippen molar-refractivity contribution in [3.63, 3.8) is 0 Å². The molecule has 2 heterocycles. The van der Waals surface area contributed by atoms with Gasteiger partial charge in [-0.15, -0.1) is 0 Å². The van der Waals surface area contributed by atoms with Gasteiger partial charge in [-0.25, -0.2) is 14.1 Å². The van der Waals surface area contributed by atoms with Gasteiger partial charge < -0.3 is 9.15 Å². The van der Waals surface area contributed by atoms with Crippen LogP contribution < -0.4 is 10.2 Å². The van der Waals surface area contributed by atoms with Gasteiger partial charge in [-0.2, -0.15) is 0 Å². The minimum absolute atomic E-state index is 0.0702. The molecule has 0 radical (unpaired) electrons. The molecule has 1 fully saturated rings. The summed E-state index contributed by atoms with van der Waals surface area (Å²) in [6, 6.07) is 15.4. The second kappa shape index (κ2) is 8.56. The van der Waals surface area contributed by atoms with Crippen LogP contribution in [0.4, 0.5) is 10.1 Å². The molecule has 32 heavy (non-hydrogen) atoms. The molecule has 0 aliphatic carbocycles. The molecule has 7 nitrogen and oxygen atoms in total. The van der Waals surface area contributed by atoms with Gasteiger partial charge in [0.2, 0.25) is 0 Å². The molecule has 2 aromatic carbocycles. The number of rotatable bonds is 4. The Bertz CT molecular complexity index is 1280. The lowest BCUT2D eigenvalue weighted by Gasteiger charge is -2.28. The molecule has 160 valence electrons. The summed E-state index contributed by atoms with van der Waals surface area (Å²) in [7, 11) is 1.30. The fourth-order valence-electron chi connectivity index (χ4n) is 3.13. The van der Waals surface area contributed by atoms with Crippen molar-refractivity contribution in [2.45, 2.75) is 0 Å². The monoisotopic (exact) mass is 450 g/mol. The number of hydrogen-bond acceptors (Lipinski definition) is 6. The van der Waals surface area contributed by atoms with E-state index in [1.165, 1.54) is 31.4 Å². The number of hydrogen-bond donors (Lipinski definition) is 1. The Balaban J connectivity index is 1.63. The fourth-order valence-corrected chi connectivity index (χ4v) is 3.40. The number of halogens is 1. The van der Waals surface area contributed by atoms with E-state index in [0.29, 0.717) is 16.9 Å². The molecule has 3 aromatic rings. The van der Waals surface area contributed by atoms with Crippen LogP contribution in [0.2, 0.25) is 0 Å². The minimum Gasteiger partial charge on any atom is -0.465 e. The average molecular weight is 450 g/mol. The second-order valence-corrected chi connectivity index (χ2v) is 7.07. The van der Waals surface area contributed by atoms with E-state index in [2.05, 4.69) is 10.1 Å². The lowest BCUT2D eigenvalue weighted by Crippen LogP contribution is -2.54. The van der Waals surface area contributed by atoms with Crippen molar-refractivity contribution in [2.24, 2.45) is 0 Å². The van der Waals surface area contributed by atoms with Crippen molar-refractivity contribution in [2.75, 3.05) is 12.0 Å². The van der Waals surface area contributed by atoms with E-state index < -0.39 is 23.6 Å². The van der Waals surface area contributed by atoms with E-state index in [-0.39, 0.29) is 22.1 Å². The van der Waals surface area contributed by atoms with Crippen LogP contribution in [-0.2, 0) is 14.3 Å². The SMILES string of the molecule is COC(=O)c1ccc(-c2ccc(/C=C3\C(=O)NC(=S)N(c4ccccc4F)C3=O)o2)cc1. The van der Waals surface area contributed by atoms with E-state index in [9.17, 15) is 18.8 Å². The maximum atomic E-state index is 14.2. The highest BCUT2D eigenvalue weighted by atomic mass is 32.1. The van der Waals surface area contributed by atoms with Crippen molar-refractivity contribution < 1.29 is 27.9 Å². The first kappa shape index (κ1) is 21.1. The third-order valence-corrected chi connectivity index (χ3v) is 4.98. The zero-order valence-electron chi connectivity index (χ0n) is 16.6. The Labute approximate surface area is 187 Å². The highest BCUT2D eigenvalue weighted by molar-refractivity contribution is 7.80. The van der Waals surface area contributed by atoms with Crippen LogP contribution in [0.15, 0.2) is 70.7 Å². The van der Waals surface area contributed by atoms with Gasteiger partial charge in [0.1, 0.15) is 22.9 Å². The Morgan fingerprint density at radius 1 is 1.09 bits per heavy atom. The molecule has 0 bridgehead atoms. The van der Waals surface area contributed by atoms with Crippen LogP contribution in [0.5, 0.6) is 0 Å². The summed E-state index contributed by atoms with van der Waals surface area (Å²) in [6.07, 6.45) is 1.26. The van der Waals surface area contributed by atoms with Crippen molar-refractivity contribution in [3.05, 3.63) is 83.4 Å². The van der Waals surface area contributed by atoms with Crippen molar-refractivity contribution in [1.82, 2.24) is 5.32 Å². The fraction of sp³-hybridized carbons (Fsp3) is 0.0435. The smallest absolute Gasteiger partial charge is 0.337 e. The third-order valence-electron chi connectivity index (χ3n) is 4.70. The molecule has 2 amide bonds. The molecule has 4 rings (SSSR count). The van der Waals surface area contributed by atoms with Gasteiger partial charge in [0.15, 0.2) is 5.11 Å². The molecular formula is C23H15FN2O5S. The van der Waals surface area contributed by atoms with E-state index in [1.807, 2.05) is 0 Å². The van der Waals surface area contributed by atoms with Gasteiger partial charge in [0.25, 0.3) is 11.8 Å². The number of anilines is 1. The minimum atomic E-state index is -0.774. The summed E-state index contributed by atoms with van der Waals surface area (Å²) < 4.78 is 24.6. The van der Waals surface area contributed by atoms with E-state index >= 15 is 0 Å². The lowest BCUT2D eigenvalue weighted by atomic mass is 10.1. The quantitative estimate of drug-likeness (QED) is 0.282. The predicted molar refractivity (Wildman–Crippen MR) is 118 cm³/mol. The van der Waals surface area contributed by atoms with Crippen molar-refractivity contribution >= 4 is 46.9 Å². The summed E-state index contributed by atoms with van der Waals surface area (Å²) in [5.41, 5.74) is 0.734. The van der Waals surface area contributed by atoms with Gasteiger partial charge in [-0.3, -0.25) is 14.9 Å². The van der Waals surface area contributed by atoms with Gasteiger partial charge in [0, 0.05) is 5.56 Å². The maximum absolute atomic E-state index is 14.2. The topological polar surface area (TPSA) is 88.9 Å². The van der Waals surface area contributed by atoms with E-state index in [4.69, 9.17) is 16.6 Å². The summed E-state index contributed by atoms with van der Waals surface area (Å²) in [5, 5.41) is 2.18. The lowest BCUT2D eigenvalue weighted by molar-refractivity contribution is -0.122. The number of carbonyl (C=O) groups is 3. The third kappa shape index (κ3) is 3.93. The molecular weight excluding hydrogens is 435 g/mol. The predicted octanol–water partition coefficient (Wildman–Crippen LogP) is 3.70. The van der Waals surface area contributed by atoms with Crippen LogP contribution in [0.1, 0.15) is 16.1 Å². The second-order valence-electron chi connectivity index (χ2n) is 6.68. The zero-order chi connectivity index (χ0) is 22.8. The first-order chi connectivity index (χ1) is 15.4. The van der Waals surface area contributed by atoms with Gasteiger partial charge in [-0.05, 0) is 54.7 Å². The highest BCUT2D eigenvalue weighted by Crippen LogP contribution is 2.27. The van der Waals surface area contributed by atoms with Crippen LogP contribution in [0, 0.1) is 5.82 Å². The number of nitrogens with zero attached hydrogens (tertiary/aromatic N) is 1. The standard InChI is InChI=1S/C23H15FN2O5S/c1-30-22(29)14-8-6-13(7-9-14)19-11-10-15(31-19)12-16-20(27)25-23(32)26(21(16)28)18-5-3-2-4-17(18)24/h2-12H,1H3,(H,25,27,32)/b16-12+. The van der Waals surface area contributed by atoms with Gasteiger partial charge in [-0.1, -0.05) is 24.3 Å². The number of carbonyl (C=O) groups excluding carboxylic acids is 3. The number of ether oxygens (including phenoxy) is 1.